The molecule has 1 amide bonds. The summed E-state index contributed by atoms with van der Waals surface area (Å²) in [6.45, 7) is 3.43. The van der Waals surface area contributed by atoms with E-state index in [4.69, 9.17) is 0 Å². The third kappa shape index (κ3) is 3.24. The molecule has 1 aliphatic heterocycles. The van der Waals surface area contributed by atoms with Crippen LogP contribution >= 0.6 is 28.6 Å². The summed E-state index contributed by atoms with van der Waals surface area (Å²) in [5.74, 6) is 0.0801. The van der Waals surface area contributed by atoms with E-state index in [9.17, 15) is 4.79 Å². The van der Waals surface area contributed by atoms with Crippen LogP contribution in [0.25, 0.3) is 0 Å². The molecule has 1 saturated heterocycles. The summed E-state index contributed by atoms with van der Waals surface area (Å²) in [4.78, 5) is 15.1. The van der Waals surface area contributed by atoms with Gasteiger partial charge in [0.25, 0.3) is 5.91 Å². The van der Waals surface area contributed by atoms with Crippen LogP contribution in [0.3, 0.4) is 0 Å². The smallest absolute Gasteiger partial charge is 0.255 e. The van der Waals surface area contributed by atoms with Crippen LogP contribution < -0.4 is 5.32 Å². The SMILES string of the molecule is O=C(c1cc(S)ccc1Br)N1CCCNCC1. The molecule has 1 N–H and O–H groups in total. The first kappa shape index (κ1) is 12.9. The summed E-state index contributed by atoms with van der Waals surface area (Å²) in [5.41, 5.74) is 0.694. The summed E-state index contributed by atoms with van der Waals surface area (Å²) in [6.07, 6.45) is 1.00. The summed E-state index contributed by atoms with van der Waals surface area (Å²) < 4.78 is 0.831. The zero-order valence-corrected chi connectivity index (χ0v) is 11.9. The molecule has 1 fully saturated rings. The summed E-state index contributed by atoms with van der Waals surface area (Å²) >= 11 is 7.70. The first-order valence-corrected chi connectivity index (χ1v) is 6.91. The Morgan fingerprint density at radius 3 is 3.00 bits per heavy atom. The Balaban J connectivity index is 2.20. The average Bonchev–Trinajstić information content (AvgIpc) is 2.60. The van der Waals surface area contributed by atoms with Crippen molar-refractivity contribution in [1.82, 2.24) is 10.2 Å². The fourth-order valence-corrected chi connectivity index (χ4v) is 2.52. The van der Waals surface area contributed by atoms with Gasteiger partial charge in [-0.3, -0.25) is 4.79 Å². The third-order valence-corrected chi connectivity index (χ3v) is 3.78. The van der Waals surface area contributed by atoms with E-state index < -0.39 is 0 Å². The van der Waals surface area contributed by atoms with Crippen LogP contribution in [0.5, 0.6) is 0 Å². The number of amides is 1. The Morgan fingerprint density at radius 2 is 2.18 bits per heavy atom. The monoisotopic (exact) mass is 314 g/mol. The Kier molecular flexibility index (Phi) is 4.48. The molecule has 1 aliphatic rings. The van der Waals surface area contributed by atoms with Crippen LogP contribution in [-0.4, -0.2) is 37.0 Å². The van der Waals surface area contributed by atoms with Crippen molar-refractivity contribution in [2.24, 2.45) is 0 Å². The Labute approximate surface area is 115 Å². The minimum Gasteiger partial charge on any atom is -0.337 e. The van der Waals surface area contributed by atoms with Crippen molar-refractivity contribution in [3.8, 4) is 0 Å². The van der Waals surface area contributed by atoms with E-state index in [2.05, 4.69) is 33.9 Å². The lowest BCUT2D eigenvalue weighted by atomic mass is 10.2. The maximum absolute atomic E-state index is 12.4. The Morgan fingerprint density at radius 1 is 1.35 bits per heavy atom. The van der Waals surface area contributed by atoms with E-state index in [-0.39, 0.29) is 5.91 Å². The predicted molar refractivity (Wildman–Crippen MR) is 74.8 cm³/mol. The molecular weight excluding hydrogens is 300 g/mol. The normalized spacial score (nSPS) is 16.7. The number of nitrogens with zero attached hydrogens (tertiary/aromatic N) is 1. The van der Waals surface area contributed by atoms with E-state index in [1.165, 1.54) is 0 Å². The molecule has 0 radical (unpaired) electrons. The van der Waals surface area contributed by atoms with Gasteiger partial charge in [-0.2, -0.15) is 0 Å². The lowest BCUT2D eigenvalue weighted by Crippen LogP contribution is -2.34. The van der Waals surface area contributed by atoms with Gasteiger partial charge in [0.05, 0.1) is 5.56 Å². The lowest BCUT2D eigenvalue weighted by molar-refractivity contribution is 0.0765. The molecule has 1 aromatic carbocycles. The third-order valence-electron chi connectivity index (χ3n) is 2.81. The number of carbonyl (C=O) groups excluding carboxylic acids is 1. The van der Waals surface area contributed by atoms with Gasteiger partial charge in [0.2, 0.25) is 0 Å². The molecule has 0 saturated carbocycles. The second kappa shape index (κ2) is 5.89. The molecule has 17 heavy (non-hydrogen) atoms. The molecule has 1 heterocycles. The fraction of sp³-hybridized carbons (Fsp3) is 0.417. The van der Waals surface area contributed by atoms with Crippen LogP contribution in [0, 0.1) is 0 Å². The Hall–Kier alpha value is -0.520. The molecule has 3 nitrogen and oxygen atoms in total. The van der Waals surface area contributed by atoms with Crippen molar-refractivity contribution in [3.63, 3.8) is 0 Å². The molecule has 0 spiro atoms. The molecule has 0 atom stereocenters. The largest absolute Gasteiger partial charge is 0.337 e. The van der Waals surface area contributed by atoms with Crippen molar-refractivity contribution in [1.29, 1.82) is 0 Å². The number of carbonyl (C=O) groups is 1. The summed E-state index contributed by atoms with van der Waals surface area (Å²) in [6, 6.07) is 5.55. The minimum atomic E-state index is 0.0801. The molecule has 92 valence electrons. The second-order valence-corrected chi connectivity index (χ2v) is 5.43. The van der Waals surface area contributed by atoms with Crippen molar-refractivity contribution in [3.05, 3.63) is 28.2 Å². The molecule has 0 aliphatic carbocycles. The van der Waals surface area contributed by atoms with Gasteiger partial charge < -0.3 is 10.2 Å². The molecule has 0 unspecified atom stereocenters. The van der Waals surface area contributed by atoms with Gasteiger partial charge in [0.1, 0.15) is 0 Å². The fourth-order valence-electron chi connectivity index (χ4n) is 1.90. The minimum absolute atomic E-state index is 0.0801. The molecule has 0 bridgehead atoms. The molecule has 0 aromatic heterocycles. The number of hydrogen-bond donors (Lipinski definition) is 2. The van der Waals surface area contributed by atoms with Crippen LogP contribution in [0.2, 0.25) is 0 Å². The van der Waals surface area contributed by atoms with Gasteiger partial charge in [-0.05, 0) is 47.1 Å². The standard InChI is InChI=1S/C12H15BrN2OS/c13-11-3-2-9(17)8-10(11)12(16)15-6-1-4-14-5-7-15/h2-3,8,14,17H,1,4-7H2. The molecule has 5 heteroatoms. The van der Waals surface area contributed by atoms with Gasteiger partial charge in [-0.25, -0.2) is 0 Å². The van der Waals surface area contributed by atoms with Gasteiger partial charge in [0.15, 0.2) is 0 Å². The molecule has 1 aromatic rings. The lowest BCUT2D eigenvalue weighted by Gasteiger charge is -2.20. The number of nitrogens with one attached hydrogen (secondary N) is 1. The quantitative estimate of drug-likeness (QED) is 0.779. The molecular formula is C12H15BrN2OS. The Bertz CT molecular complexity index is 417. The van der Waals surface area contributed by atoms with E-state index >= 15 is 0 Å². The second-order valence-electron chi connectivity index (χ2n) is 4.06. The van der Waals surface area contributed by atoms with Gasteiger partial charge in [-0.1, -0.05) is 0 Å². The van der Waals surface area contributed by atoms with Crippen LogP contribution in [-0.2, 0) is 0 Å². The number of halogens is 1. The number of benzene rings is 1. The highest BCUT2D eigenvalue weighted by molar-refractivity contribution is 9.10. The van der Waals surface area contributed by atoms with E-state index in [1.807, 2.05) is 23.1 Å². The topological polar surface area (TPSA) is 32.3 Å². The molecule has 2 rings (SSSR count). The highest BCUT2D eigenvalue weighted by Gasteiger charge is 2.19. The van der Waals surface area contributed by atoms with Crippen molar-refractivity contribution >= 4 is 34.5 Å². The zero-order valence-electron chi connectivity index (χ0n) is 9.45. The van der Waals surface area contributed by atoms with Crippen LogP contribution in [0.4, 0.5) is 0 Å². The van der Waals surface area contributed by atoms with Gasteiger partial charge in [-0.15, -0.1) is 12.6 Å². The number of rotatable bonds is 1. The average molecular weight is 315 g/mol. The summed E-state index contributed by atoms with van der Waals surface area (Å²) in [5, 5.41) is 3.29. The predicted octanol–water partition coefficient (Wildman–Crippen LogP) is 2.17. The first-order chi connectivity index (χ1) is 8.18. The highest BCUT2D eigenvalue weighted by Crippen LogP contribution is 2.22. The van der Waals surface area contributed by atoms with Crippen LogP contribution in [0.1, 0.15) is 16.8 Å². The van der Waals surface area contributed by atoms with E-state index in [0.29, 0.717) is 5.56 Å². The zero-order chi connectivity index (χ0) is 12.3. The van der Waals surface area contributed by atoms with Crippen LogP contribution in [0.15, 0.2) is 27.6 Å². The van der Waals surface area contributed by atoms with Crippen molar-refractivity contribution < 1.29 is 4.79 Å². The maximum atomic E-state index is 12.4. The van der Waals surface area contributed by atoms with Crippen molar-refractivity contribution in [2.75, 3.05) is 26.2 Å². The highest BCUT2D eigenvalue weighted by atomic mass is 79.9. The maximum Gasteiger partial charge on any atom is 0.255 e. The van der Waals surface area contributed by atoms with Gasteiger partial charge in [0, 0.05) is 29.0 Å². The van der Waals surface area contributed by atoms with E-state index in [0.717, 1.165) is 42.0 Å². The van der Waals surface area contributed by atoms with E-state index in [1.54, 1.807) is 0 Å². The summed E-state index contributed by atoms with van der Waals surface area (Å²) in [7, 11) is 0. The first-order valence-electron chi connectivity index (χ1n) is 5.67. The van der Waals surface area contributed by atoms with Crippen molar-refractivity contribution in [2.45, 2.75) is 11.3 Å². The van der Waals surface area contributed by atoms with Gasteiger partial charge >= 0.3 is 0 Å². The number of hydrogen-bond acceptors (Lipinski definition) is 3. The number of thiol groups is 1.